The molecule has 92 valence electrons. The van der Waals surface area contributed by atoms with E-state index in [1.807, 2.05) is 11.5 Å². The average molecular weight is 280 g/mol. The van der Waals surface area contributed by atoms with Crippen LogP contribution in [0.3, 0.4) is 0 Å². The van der Waals surface area contributed by atoms with Gasteiger partial charge in [-0.2, -0.15) is 0 Å². The van der Waals surface area contributed by atoms with Gasteiger partial charge in [0.05, 0.1) is 4.92 Å². The van der Waals surface area contributed by atoms with E-state index in [2.05, 4.69) is 5.10 Å². The number of thioether (sulfide) groups is 2. The van der Waals surface area contributed by atoms with Gasteiger partial charge in [0.25, 0.3) is 5.69 Å². The van der Waals surface area contributed by atoms with Crippen molar-refractivity contribution in [2.24, 2.45) is 10.8 Å². The van der Waals surface area contributed by atoms with Gasteiger partial charge < -0.3 is 5.73 Å². The molecular weight excluding hydrogens is 272 g/mol. The minimum atomic E-state index is -0.395. The Hall–Kier alpha value is -1.67. The van der Waals surface area contributed by atoms with E-state index >= 15 is 0 Å². The Labute approximate surface area is 111 Å². The lowest BCUT2D eigenvalue weighted by atomic mass is 10.2. The fourth-order valence-corrected chi connectivity index (χ4v) is 3.71. The topological polar surface area (TPSA) is 84.8 Å². The maximum atomic E-state index is 10.8. The molecular formula is C10H8N4O2S2. The van der Waals surface area contributed by atoms with E-state index in [0.717, 1.165) is 10.6 Å². The molecule has 2 N–H and O–H groups in total. The first kappa shape index (κ1) is 11.4. The van der Waals surface area contributed by atoms with Crippen LogP contribution in [0.15, 0.2) is 39.8 Å². The van der Waals surface area contributed by atoms with Crippen LogP contribution in [0.5, 0.6) is 0 Å². The molecule has 2 aliphatic heterocycles. The fourth-order valence-electron chi connectivity index (χ4n) is 1.77. The summed E-state index contributed by atoms with van der Waals surface area (Å²) < 4.78 is 0. The summed E-state index contributed by atoms with van der Waals surface area (Å²) in [5.41, 5.74) is 6.59. The number of non-ortho nitro benzene ring substituents is 1. The van der Waals surface area contributed by atoms with E-state index in [9.17, 15) is 10.1 Å². The molecule has 0 bridgehead atoms. The van der Waals surface area contributed by atoms with Crippen LogP contribution >= 0.6 is 23.5 Å². The SMILES string of the molecule is NC1=NN2C(=CS[C@H]2c2cccc([N+](=O)[O-])c2)S1. The number of hydrogen-bond acceptors (Lipinski definition) is 7. The van der Waals surface area contributed by atoms with Crippen molar-refractivity contribution in [3.63, 3.8) is 0 Å². The van der Waals surface area contributed by atoms with Crippen molar-refractivity contribution in [3.8, 4) is 0 Å². The second kappa shape index (κ2) is 4.21. The van der Waals surface area contributed by atoms with Gasteiger partial charge in [0, 0.05) is 17.5 Å². The zero-order valence-electron chi connectivity index (χ0n) is 9.02. The highest BCUT2D eigenvalue weighted by atomic mass is 32.2. The van der Waals surface area contributed by atoms with Gasteiger partial charge in [0.15, 0.2) is 5.17 Å². The van der Waals surface area contributed by atoms with Gasteiger partial charge in [-0.15, -0.1) is 5.10 Å². The molecule has 2 aliphatic rings. The van der Waals surface area contributed by atoms with Crippen molar-refractivity contribution >= 4 is 34.4 Å². The van der Waals surface area contributed by atoms with E-state index in [1.54, 1.807) is 28.9 Å². The van der Waals surface area contributed by atoms with Gasteiger partial charge in [-0.1, -0.05) is 23.9 Å². The van der Waals surface area contributed by atoms with E-state index in [4.69, 9.17) is 5.73 Å². The van der Waals surface area contributed by atoms with Crippen LogP contribution in [0.25, 0.3) is 0 Å². The molecule has 0 fully saturated rings. The number of rotatable bonds is 2. The highest BCUT2D eigenvalue weighted by Crippen LogP contribution is 2.49. The van der Waals surface area contributed by atoms with E-state index < -0.39 is 4.92 Å². The van der Waals surface area contributed by atoms with Crippen molar-refractivity contribution in [3.05, 3.63) is 50.4 Å². The molecule has 0 spiro atoms. The summed E-state index contributed by atoms with van der Waals surface area (Å²) in [7, 11) is 0. The summed E-state index contributed by atoms with van der Waals surface area (Å²) in [4.78, 5) is 10.4. The lowest BCUT2D eigenvalue weighted by Gasteiger charge is -2.18. The summed E-state index contributed by atoms with van der Waals surface area (Å²) in [6.45, 7) is 0. The van der Waals surface area contributed by atoms with Crippen LogP contribution in [-0.2, 0) is 0 Å². The van der Waals surface area contributed by atoms with Crippen LogP contribution in [0.2, 0.25) is 0 Å². The Kier molecular flexibility index (Phi) is 2.67. The molecule has 18 heavy (non-hydrogen) atoms. The third-order valence-electron chi connectivity index (χ3n) is 2.53. The van der Waals surface area contributed by atoms with Gasteiger partial charge in [-0.05, 0) is 17.3 Å². The number of fused-ring (bicyclic) bond motifs is 1. The van der Waals surface area contributed by atoms with Crippen LogP contribution in [0, 0.1) is 10.1 Å². The lowest BCUT2D eigenvalue weighted by molar-refractivity contribution is -0.384. The lowest BCUT2D eigenvalue weighted by Crippen LogP contribution is -2.13. The summed E-state index contributed by atoms with van der Waals surface area (Å²) in [6.07, 6.45) is 0. The number of hydrazone groups is 1. The van der Waals surface area contributed by atoms with Gasteiger partial charge in [-0.25, -0.2) is 5.01 Å². The standard InChI is InChI=1S/C10H8N4O2S2/c11-10-12-13-8(18-10)5-17-9(13)6-2-1-3-7(4-6)14(15)16/h1-5,9H,(H2,11,12)/t9-/m0/s1. The third-order valence-corrected chi connectivity index (χ3v) is 4.57. The Morgan fingerprint density at radius 1 is 1.50 bits per heavy atom. The first-order chi connectivity index (χ1) is 8.65. The third kappa shape index (κ3) is 1.83. The molecule has 2 heterocycles. The zero-order valence-corrected chi connectivity index (χ0v) is 10.6. The summed E-state index contributed by atoms with van der Waals surface area (Å²) in [5, 5.41) is 20.1. The molecule has 0 aromatic heterocycles. The van der Waals surface area contributed by atoms with Crippen molar-refractivity contribution in [1.29, 1.82) is 0 Å². The molecule has 0 radical (unpaired) electrons. The van der Waals surface area contributed by atoms with Crippen LogP contribution in [-0.4, -0.2) is 15.1 Å². The summed E-state index contributed by atoms with van der Waals surface area (Å²) >= 11 is 2.97. The quantitative estimate of drug-likeness (QED) is 0.661. The van der Waals surface area contributed by atoms with E-state index in [1.165, 1.54) is 17.8 Å². The molecule has 0 saturated carbocycles. The molecule has 0 aliphatic carbocycles. The van der Waals surface area contributed by atoms with Crippen LogP contribution in [0.1, 0.15) is 10.9 Å². The molecule has 6 nitrogen and oxygen atoms in total. The Balaban J connectivity index is 1.93. The molecule has 8 heteroatoms. The number of hydrogen-bond donors (Lipinski definition) is 1. The number of amidine groups is 1. The molecule has 0 amide bonds. The van der Waals surface area contributed by atoms with E-state index in [-0.39, 0.29) is 11.1 Å². The molecule has 1 aromatic carbocycles. The highest BCUT2D eigenvalue weighted by molar-refractivity contribution is 8.18. The first-order valence-corrected chi connectivity index (χ1v) is 6.82. The van der Waals surface area contributed by atoms with Gasteiger partial charge in [0.2, 0.25) is 0 Å². The van der Waals surface area contributed by atoms with Crippen molar-refractivity contribution in [2.45, 2.75) is 5.37 Å². The second-order valence-electron chi connectivity index (χ2n) is 3.68. The minimum Gasteiger partial charge on any atom is -0.377 e. The Morgan fingerprint density at radius 2 is 2.33 bits per heavy atom. The predicted octanol–water partition coefficient (Wildman–Crippen LogP) is 2.42. The minimum absolute atomic E-state index is 0.0755. The molecule has 3 rings (SSSR count). The Bertz CT molecular complexity index is 587. The average Bonchev–Trinajstić information content (AvgIpc) is 2.87. The van der Waals surface area contributed by atoms with Crippen LogP contribution < -0.4 is 5.73 Å². The molecule has 0 saturated heterocycles. The van der Waals surface area contributed by atoms with Gasteiger partial charge >= 0.3 is 0 Å². The maximum absolute atomic E-state index is 10.8. The number of nitro benzene ring substituents is 1. The Morgan fingerprint density at radius 3 is 3.11 bits per heavy atom. The molecule has 1 atom stereocenters. The number of benzene rings is 1. The number of nitro groups is 1. The smallest absolute Gasteiger partial charge is 0.269 e. The molecule has 0 unspecified atom stereocenters. The van der Waals surface area contributed by atoms with Crippen molar-refractivity contribution in [1.82, 2.24) is 5.01 Å². The predicted molar refractivity (Wildman–Crippen MR) is 72.6 cm³/mol. The van der Waals surface area contributed by atoms with E-state index in [0.29, 0.717) is 5.17 Å². The van der Waals surface area contributed by atoms with Gasteiger partial charge in [-0.3, -0.25) is 10.1 Å². The van der Waals surface area contributed by atoms with Gasteiger partial charge in [0.1, 0.15) is 10.4 Å². The summed E-state index contributed by atoms with van der Waals surface area (Å²) in [6, 6.07) is 6.59. The zero-order chi connectivity index (χ0) is 12.7. The second-order valence-corrected chi connectivity index (χ2v) is 5.68. The normalized spacial score (nSPS) is 21.6. The molecule has 1 aromatic rings. The summed E-state index contributed by atoms with van der Waals surface area (Å²) in [5.74, 6) is 0. The number of nitrogens with two attached hydrogens (primary N) is 1. The number of nitrogens with zero attached hydrogens (tertiary/aromatic N) is 3. The maximum Gasteiger partial charge on any atom is 0.269 e. The largest absolute Gasteiger partial charge is 0.377 e. The fraction of sp³-hybridized carbons (Fsp3) is 0.100. The van der Waals surface area contributed by atoms with Crippen LogP contribution in [0.4, 0.5) is 5.69 Å². The first-order valence-electron chi connectivity index (χ1n) is 5.06. The van der Waals surface area contributed by atoms with Crippen molar-refractivity contribution < 1.29 is 4.92 Å². The monoisotopic (exact) mass is 280 g/mol. The van der Waals surface area contributed by atoms with Crippen molar-refractivity contribution in [2.75, 3.05) is 0 Å². The highest BCUT2D eigenvalue weighted by Gasteiger charge is 2.34.